The molecule has 0 saturated heterocycles. The Morgan fingerprint density at radius 2 is 1.76 bits per heavy atom. The summed E-state index contributed by atoms with van der Waals surface area (Å²) in [6, 6.07) is 15.3. The molecule has 1 aromatic carbocycles. The lowest BCUT2D eigenvalue weighted by atomic mass is 9.98. The van der Waals surface area contributed by atoms with E-state index in [4.69, 9.17) is 0 Å². The number of amides is 1. The van der Waals surface area contributed by atoms with Crippen LogP contribution in [0.1, 0.15) is 52.7 Å². The van der Waals surface area contributed by atoms with E-state index in [-0.39, 0.29) is 17.4 Å². The molecule has 0 fully saturated rings. The number of hydrogen-bond acceptors (Lipinski definition) is 4. The Labute approximate surface area is 152 Å². The third-order valence-corrected chi connectivity index (χ3v) is 5.18. The predicted molar refractivity (Wildman–Crippen MR) is 101 cm³/mol. The Morgan fingerprint density at radius 1 is 1.04 bits per heavy atom. The monoisotopic (exact) mass is 351 g/mol. The van der Waals surface area contributed by atoms with E-state index in [0.29, 0.717) is 4.88 Å². The van der Waals surface area contributed by atoms with Gasteiger partial charge >= 0.3 is 0 Å². The van der Waals surface area contributed by atoms with Crippen LogP contribution in [-0.4, -0.2) is 15.9 Å². The normalized spacial score (nSPS) is 12.6. The lowest BCUT2D eigenvalue weighted by Gasteiger charge is -2.18. The van der Waals surface area contributed by atoms with Crippen molar-refractivity contribution in [2.24, 2.45) is 0 Å². The molecule has 2 aromatic heterocycles. The van der Waals surface area contributed by atoms with Gasteiger partial charge in [-0.2, -0.15) is 0 Å². The second-order valence-corrected chi connectivity index (χ2v) is 7.88. The molecule has 128 valence electrons. The van der Waals surface area contributed by atoms with E-state index in [2.05, 4.69) is 36.1 Å². The van der Waals surface area contributed by atoms with Crippen molar-refractivity contribution in [1.82, 2.24) is 15.3 Å². The third kappa shape index (κ3) is 4.12. The van der Waals surface area contributed by atoms with Gasteiger partial charge in [0, 0.05) is 11.6 Å². The van der Waals surface area contributed by atoms with E-state index in [1.807, 2.05) is 48.5 Å². The maximum absolute atomic E-state index is 12.8. The zero-order valence-electron chi connectivity index (χ0n) is 14.6. The number of carbonyl (C=O) groups is 1. The second kappa shape index (κ2) is 7.15. The van der Waals surface area contributed by atoms with Crippen molar-refractivity contribution in [3.63, 3.8) is 0 Å². The average molecular weight is 351 g/mol. The van der Waals surface area contributed by atoms with Crippen molar-refractivity contribution >= 4 is 17.2 Å². The molecule has 5 heteroatoms. The highest BCUT2D eigenvalue weighted by atomic mass is 32.1. The van der Waals surface area contributed by atoms with Gasteiger partial charge in [0.1, 0.15) is 4.88 Å². The Hall–Kier alpha value is -2.53. The van der Waals surface area contributed by atoms with Crippen LogP contribution in [0.15, 0.2) is 60.9 Å². The lowest BCUT2D eigenvalue weighted by Crippen LogP contribution is -2.29. The molecule has 3 rings (SSSR count). The van der Waals surface area contributed by atoms with E-state index in [1.54, 1.807) is 12.4 Å². The fourth-order valence-electron chi connectivity index (χ4n) is 2.45. The van der Waals surface area contributed by atoms with Crippen LogP contribution in [0, 0.1) is 0 Å². The molecule has 3 aromatic rings. The first-order valence-electron chi connectivity index (χ1n) is 8.18. The highest BCUT2D eigenvalue weighted by Gasteiger charge is 2.23. The van der Waals surface area contributed by atoms with E-state index in [0.717, 1.165) is 16.3 Å². The summed E-state index contributed by atoms with van der Waals surface area (Å²) in [6.45, 7) is 6.27. The number of thiazole rings is 1. The maximum atomic E-state index is 12.8. The van der Waals surface area contributed by atoms with Crippen molar-refractivity contribution in [1.29, 1.82) is 0 Å². The summed E-state index contributed by atoms with van der Waals surface area (Å²) in [5.41, 5.74) is 1.74. The van der Waals surface area contributed by atoms with Crippen LogP contribution in [0.25, 0.3) is 0 Å². The van der Waals surface area contributed by atoms with Crippen LogP contribution in [0.3, 0.4) is 0 Å². The standard InChI is InChI=1S/C20H21N3OS/c1-20(2,3)19-22-13-16(25-19)18(24)23-17(14-9-5-4-6-10-14)15-11-7-8-12-21-15/h4-13,17H,1-3H3,(H,23,24). The van der Waals surface area contributed by atoms with E-state index in [1.165, 1.54) is 11.3 Å². The molecule has 25 heavy (non-hydrogen) atoms. The Balaban J connectivity index is 1.88. The number of aromatic nitrogens is 2. The largest absolute Gasteiger partial charge is 0.339 e. The average Bonchev–Trinajstić information content (AvgIpc) is 3.12. The maximum Gasteiger partial charge on any atom is 0.263 e. The fraction of sp³-hybridized carbons (Fsp3) is 0.250. The molecule has 0 saturated carbocycles. The summed E-state index contributed by atoms with van der Waals surface area (Å²) in [5, 5.41) is 4.05. The zero-order valence-corrected chi connectivity index (χ0v) is 15.4. The fourth-order valence-corrected chi connectivity index (χ4v) is 3.33. The Bertz CT molecular complexity index is 799. The molecule has 0 aliphatic carbocycles. The molecule has 0 bridgehead atoms. The van der Waals surface area contributed by atoms with Gasteiger partial charge in [-0.15, -0.1) is 11.3 Å². The summed E-state index contributed by atoms with van der Waals surface area (Å²) < 4.78 is 0. The van der Waals surface area contributed by atoms with Crippen molar-refractivity contribution in [2.45, 2.75) is 32.2 Å². The number of benzene rings is 1. The molecular weight excluding hydrogens is 330 g/mol. The van der Waals surface area contributed by atoms with Crippen LogP contribution >= 0.6 is 11.3 Å². The van der Waals surface area contributed by atoms with Crippen LogP contribution in [0.5, 0.6) is 0 Å². The van der Waals surface area contributed by atoms with Crippen LogP contribution in [-0.2, 0) is 5.41 Å². The minimum atomic E-state index is -0.296. The predicted octanol–water partition coefficient (Wildman–Crippen LogP) is 4.36. The molecule has 0 radical (unpaired) electrons. The third-order valence-electron chi connectivity index (χ3n) is 3.76. The van der Waals surface area contributed by atoms with Gasteiger partial charge in [-0.3, -0.25) is 9.78 Å². The first-order valence-corrected chi connectivity index (χ1v) is 9.00. The van der Waals surface area contributed by atoms with Gasteiger partial charge in [-0.05, 0) is 17.7 Å². The number of rotatable bonds is 4. The molecular formula is C20H21N3OS. The van der Waals surface area contributed by atoms with E-state index >= 15 is 0 Å². The quantitative estimate of drug-likeness (QED) is 0.760. The van der Waals surface area contributed by atoms with Gasteiger partial charge in [0.25, 0.3) is 5.91 Å². The van der Waals surface area contributed by atoms with Crippen molar-refractivity contribution in [3.05, 3.63) is 82.1 Å². The molecule has 4 nitrogen and oxygen atoms in total. The summed E-state index contributed by atoms with van der Waals surface area (Å²) in [4.78, 5) is 22.2. The summed E-state index contributed by atoms with van der Waals surface area (Å²) >= 11 is 1.44. The summed E-state index contributed by atoms with van der Waals surface area (Å²) in [7, 11) is 0. The number of nitrogens with one attached hydrogen (secondary N) is 1. The van der Waals surface area contributed by atoms with Crippen LogP contribution < -0.4 is 5.32 Å². The number of carbonyl (C=O) groups excluding carboxylic acids is 1. The molecule has 1 unspecified atom stereocenters. The number of hydrogen-bond donors (Lipinski definition) is 1. The van der Waals surface area contributed by atoms with Gasteiger partial charge in [-0.25, -0.2) is 4.98 Å². The van der Waals surface area contributed by atoms with Gasteiger partial charge in [-0.1, -0.05) is 57.2 Å². The van der Waals surface area contributed by atoms with Crippen molar-refractivity contribution in [3.8, 4) is 0 Å². The SMILES string of the molecule is CC(C)(C)c1ncc(C(=O)NC(c2ccccc2)c2ccccn2)s1. The minimum absolute atomic E-state index is 0.0665. The summed E-state index contributed by atoms with van der Waals surface area (Å²) in [5.74, 6) is -0.132. The second-order valence-electron chi connectivity index (χ2n) is 6.85. The van der Waals surface area contributed by atoms with Crippen LogP contribution in [0.2, 0.25) is 0 Å². The molecule has 1 N–H and O–H groups in total. The highest BCUT2D eigenvalue weighted by Crippen LogP contribution is 2.27. The van der Waals surface area contributed by atoms with Crippen LogP contribution in [0.4, 0.5) is 0 Å². The van der Waals surface area contributed by atoms with Crippen molar-refractivity contribution < 1.29 is 4.79 Å². The highest BCUT2D eigenvalue weighted by molar-refractivity contribution is 7.13. The topological polar surface area (TPSA) is 54.9 Å². The number of nitrogens with zero attached hydrogens (tertiary/aromatic N) is 2. The molecule has 0 spiro atoms. The first-order chi connectivity index (χ1) is 11.9. The van der Waals surface area contributed by atoms with Gasteiger partial charge < -0.3 is 5.32 Å². The van der Waals surface area contributed by atoms with Gasteiger partial charge in [0.2, 0.25) is 0 Å². The van der Waals surface area contributed by atoms with Gasteiger partial charge in [0.05, 0.1) is 22.9 Å². The minimum Gasteiger partial charge on any atom is -0.339 e. The zero-order chi connectivity index (χ0) is 17.9. The summed E-state index contributed by atoms with van der Waals surface area (Å²) in [6.07, 6.45) is 3.39. The molecule has 1 amide bonds. The number of pyridine rings is 1. The Kier molecular flexibility index (Phi) is 4.95. The first kappa shape index (κ1) is 17.3. The van der Waals surface area contributed by atoms with E-state index < -0.39 is 0 Å². The smallest absolute Gasteiger partial charge is 0.263 e. The van der Waals surface area contributed by atoms with Gasteiger partial charge in [0.15, 0.2) is 0 Å². The van der Waals surface area contributed by atoms with Crippen molar-refractivity contribution in [2.75, 3.05) is 0 Å². The molecule has 0 aliphatic heterocycles. The Morgan fingerprint density at radius 3 is 2.36 bits per heavy atom. The molecule has 0 aliphatic rings. The molecule has 2 heterocycles. The lowest BCUT2D eigenvalue weighted by molar-refractivity contribution is 0.0946. The molecule has 1 atom stereocenters. The van der Waals surface area contributed by atoms with E-state index in [9.17, 15) is 4.79 Å².